The van der Waals surface area contributed by atoms with Gasteiger partial charge < -0.3 is 10.3 Å². The smallest absolute Gasteiger partial charge is 0.0485 e. The van der Waals surface area contributed by atoms with Crippen molar-refractivity contribution in [3.63, 3.8) is 0 Å². The molecule has 1 fully saturated rings. The third kappa shape index (κ3) is 1.89. The summed E-state index contributed by atoms with van der Waals surface area (Å²) in [5.74, 6) is 0. The Bertz CT molecular complexity index is 630. The zero-order valence-electron chi connectivity index (χ0n) is 13.0. The lowest BCUT2D eigenvalue weighted by Crippen LogP contribution is -2.37. The summed E-state index contributed by atoms with van der Waals surface area (Å²) in [5, 5.41) is 1.42. The second-order valence-electron chi connectivity index (χ2n) is 6.59. The van der Waals surface area contributed by atoms with Crippen molar-refractivity contribution >= 4 is 10.9 Å². The molecule has 1 aliphatic rings. The Morgan fingerprint density at radius 1 is 1.15 bits per heavy atom. The maximum absolute atomic E-state index is 6.26. The number of hydrogen-bond acceptors (Lipinski definition) is 1. The molecule has 2 nitrogen and oxygen atoms in total. The van der Waals surface area contributed by atoms with Gasteiger partial charge in [-0.1, -0.05) is 31.4 Å². The van der Waals surface area contributed by atoms with Crippen molar-refractivity contribution in [2.24, 2.45) is 12.8 Å². The highest BCUT2D eigenvalue weighted by Gasteiger charge is 2.36. The van der Waals surface area contributed by atoms with Gasteiger partial charge in [0.25, 0.3) is 0 Å². The number of nitrogens with zero attached hydrogens (tertiary/aromatic N) is 1. The lowest BCUT2D eigenvalue weighted by Gasteiger charge is -2.37. The van der Waals surface area contributed by atoms with Gasteiger partial charge in [-0.05, 0) is 43.9 Å². The molecule has 3 rings (SSSR count). The Kier molecular flexibility index (Phi) is 3.37. The highest BCUT2D eigenvalue weighted by molar-refractivity contribution is 5.87. The quantitative estimate of drug-likeness (QED) is 0.880. The minimum Gasteiger partial charge on any atom is -0.348 e. The van der Waals surface area contributed by atoms with Gasteiger partial charge in [-0.15, -0.1) is 0 Å². The minimum atomic E-state index is 0.205. The van der Waals surface area contributed by atoms with Gasteiger partial charge in [0.15, 0.2) is 0 Å². The molecule has 1 aliphatic carbocycles. The van der Waals surface area contributed by atoms with E-state index >= 15 is 0 Å². The van der Waals surface area contributed by atoms with Crippen molar-refractivity contribution in [1.82, 2.24) is 4.57 Å². The topological polar surface area (TPSA) is 30.9 Å². The van der Waals surface area contributed by atoms with Crippen LogP contribution in [0.15, 0.2) is 18.2 Å². The van der Waals surface area contributed by atoms with Crippen LogP contribution in [0.3, 0.4) is 0 Å². The van der Waals surface area contributed by atoms with E-state index in [2.05, 4.69) is 43.7 Å². The second-order valence-corrected chi connectivity index (χ2v) is 6.59. The number of benzene rings is 1. The molecule has 1 aromatic carbocycles. The average molecular weight is 270 g/mol. The van der Waals surface area contributed by atoms with Gasteiger partial charge in [-0.3, -0.25) is 0 Å². The van der Waals surface area contributed by atoms with E-state index in [9.17, 15) is 0 Å². The van der Waals surface area contributed by atoms with Gasteiger partial charge in [0.1, 0.15) is 0 Å². The summed E-state index contributed by atoms with van der Waals surface area (Å²) in [5.41, 5.74) is 12.1. The Labute approximate surface area is 122 Å². The Morgan fingerprint density at radius 3 is 2.50 bits per heavy atom. The molecule has 0 unspecified atom stereocenters. The van der Waals surface area contributed by atoms with Crippen LogP contribution in [-0.2, 0) is 12.5 Å². The van der Waals surface area contributed by atoms with Crippen molar-refractivity contribution in [1.29, 1.82) is 0 Å². The fourth-order valence-electron chi connectivity index (χ4n) is 4.13. The van der Waals surface area contributed by atoms with E-state index in [1.807, 2.05) is 0 Å². The first kappa shape index (κ1) is 13.7. The molecule has 1 aromatic heterocycles. The predicted octanol–water partition coefficient (Wildman–Crippen LogP) is 3.96. The van der Waals surface area contributed by atoms with Crippen LogP contribution in [0.5, 0.6) is 0 Å². The Morgan fingerprint density at radius 2 is 1.85 bits per heavy atom. The van der Waals surface area contributed by atoms with Gasteiger partial charge in [-0.2, -0.15) is 0 Å². The fraction of sp³-hybridized carbons (Fsp3) is 0.556. The number of aryl methyl sites for hydroxylation is 2. The van der Waals surface area contributed by atoms with Crippen molar-refractivity contribution in [2.75, 3.05) is 6.54 Å². The third-order valence-corrected chi connectivity index (χ3v) is 5.38. The summed E-state index contributed by atoms with van der Waals surface area (Å²) in [6, 6.07) is 6.84. The highest BCUT2D eigenvalue weighted by atomic mass is 14.9. The largest absolute Gasteiger partial charge is 0.348 e. The standard InChI is InChI=1S/C18H26N2/c1-13-7-8-15-16(11-13)20(3)14(2)17(15)18(12-19)9-5-4-6-10-18/h7-8,11H,4-6,9-10,12,19H2,1-3H3. The first-order valence-corrected chi connectivity index (χ1v) is 7.85. The van der Waals surface area contributed by atoms with Crippen LogP contribution in [0.1, 0.15) is 48.9 Å². The molecule has 2 heteroatoms. The molecule has 108 valence electrons. The highest BCUT2D eigenvalue weighted by Crippen LogP contribution is 2.44. The maximum atomic E-state index is 6.26. The van der Waals surface area contributed by atoms with E-state index in [4.69, 9.17) is 5.73 Å². The predicted molar refractivity (Wildman–Crippen MR) is 86.2 cm³/mol. The number of aromatic nitrogens is 1. The summed E-state index contributed by atoms with van der Waals surface area (Å²) in [6.45, 7) is 5.21. The molecular formula is C18H26N2. The van der Waals surface area contributed by atoms with E-state index in [0.717, 1.165) is 6.54 Å². The molecule has 0 saturated heterocycles. The van der Waals surface area contributed by atoms with E-state index in [-0.39, 0.29) is 5.41 Å². The van der Waals surface area contributed by atoms with Crippen molar-refractivity contribution in [3.8, 4) is 0 Å². The number of nitrogens with two attached hydrogens (primary N) is 1. The summed E-state index contributed by atoms with van der Waals surface area (Å²) < 4.78 is 2.35. The van der Waals surface area contributed by atoms with Crippen LogP contribution in [0, 0.1) is 13.8 Å². The molecule has 20 heavy (non-hydrogen) atoms. The molecule has 0 atom stereocenters. The molecule has 0 spiro atoms. The summed E-state index contributed by atoms with van der Waals surface area (Å²) in [6.07, 6.45) is 6.50. The number of rotatable bonds is 2. The molecule has 1 saturated carbocycles. The first-order chi connectivity index (χ1) is 9.59. The lowest BCUT2D eigenvalue weighted by atomic mass is 9.68. The number of fused-ring (bicyclic) bond motifs is 1. The second kappa shape index (κ2) is 4.92. The van der Waals surface area contributed by atoms with Crippen molar-refractivity contribution in [3.05, 3.63) is 35.0 Å². The van der Waals surface area contributed by atoms with Crippen molar-refractivity contribution in [2.45, 2.75) is 51.4 Å². The Balaban J connectivity index is 2.27. The van der Waals surface area contributed by atoms with Gasteiger partial charge in [0.2, 0.25) is 0 Å². The normalized spacial score (nSPS) is 18.6. The van der Waals surface area contributed by atoms with Crippen LogP contribution in [-0.4, -0.2) is 11.1 Å². The van der Waals surface area contributed by atoms with Crippen LogP contribution >= 0.6 is 0 Å². The summed E-state index contributed by atoms with van der Waals surface area (Å²) >= 11 is 0. The summed E-state index contributed by atoms with van der Waals surface area (Å²) in [4.78, 5) is 0. The van der Waals surface area contributed by atoms with E-state index in [0.29, 0.717) is 0 Å². The van der Waals surface area contributed by atoms with Crippen molar-refractivity contribution < 1.29 is 0 Å². The molecule has 0 aliphatic heterocycles. The maximum Gasteiger partial charge on any atom is 0.0485 e. The zero-order chi connectivity index (χ0) is 14.3. The van der Waals surface area contributed by atoms with E-state index in [1.165, 1.54) is 59.8 Å². The van der Waals surface area contributed by atoms with Crippen LogP contribution < -0.4 is 5.73 Å². The molecule has 0 radical (unpaired) electrons. The molecule has 0 amide bonds. The van der Waals surface area contributed by atoms with Crippen LogP contribution in [0.4, 0.5) is 0 Å². The molecule has 1 heterocycles. The monoisotopic (exact) mass is 270 g/mol. The average Bonchev–Trinajstić information content (AvgIpc) is 2.72. The van der Waals surface area contributed by atoms with Crippen LogP contribution in [0.2, 0.25) is 0 Å². The Hall–Kier alpha value is -1.28. The van der Waals surface area contributed by atoms with Gasteiger partial charge in [0, 0.05) is 35.6 Å². The minimum absolute atomic E-state index is 0.205. The van der Waals surface area contributed by atoms with E-state index in [1.54, 1.807) is 0 Å². The first-order valence-electron chi connectivity index (χ1n) is 7.85. The molecule has 2 aromatic rings. The molecule has 2 N–H and O–H groups in total. The van der Waals surface area contributed by atoms with Gasteiger partial charge in [-0.25, -0.2) is 0 Å². The molecular weight excluding hydrogens is 244 g/mol. The van der Waals surface area contributed by atoms with E-state index < -0.39 is 0 Å². The fourth-order valence-corrected chi connectivity index (χ4v) is 4.13. The van der Waals surface area contributed by atoms with Gasteiger partial charge >= 0.3 is 0 Å². The third-order valence-electron chi connectivity index (χ3n) is 5.38. The SMILES string of the molecule is Cc1ccc2c(C3(CN)CCCCC3)c(C)n(C)c2c1. The molecule has 0 bridgehead atoms. The lowest BCUT2D eigenvalue weighted by molar-refractivity contribution is 0.301. The summed E-state index contributed by atoms with van der Waals surface area (Å²) in [7, 11) is 2.19. The number of hydrogen-bond donors (Lipinski definition) is 1. The zero-order valence-corrected chi connectivity index (χ0v) is 13.0. The van der Waals surface area contributed by atoms with Gasteiger partial charge in [0.05, 0.1) is 0 Å². The van der Waals surface area contributed by atoms with Crippen LogP contribution in [0.25, 0.3) is 10.9 Å².